The van der Waals surface area contributed by atoms with Gasteiger partial charge in [0.2, 0.25) is 0 Å². The lowest BCUT2D eigenvalue weighted by Gasteiger charge is -1.99. The average Bonchev–Trinajstić information content (AvgIpc) is 2.60. The SMILES string of the molecule is CC.CC.Cc1cc(F)c2c(C)cn(C)c2c1. The molecule has 1 nitrogen and oxygen atoms in total. The predicted molar refractivity (Wildman–Crippen MR) is 75.0 cm³/mol. The summed E-state index contributed by atoms with van der Waals surface area (Å²) in [5.41, 5.74) is 2.93. The fourth-order valence-electron chi connectivity index (χ4n) is 1.82. The lowest BCUT2D eigenvalue weighted by Crippen LogP contribution is -1.86. The lowest BCUT2D eigenvalue weighted by molar-refractivity contribution is 0.638. The zero-order valence-electron chi connectivity index (χ0n) is 12.1. The zero-order valence-corrected chi connectivity index (χ0v) is 12.1. The van der Waals surface area contributed by atoms with Crippen LogP contribution in [0.4, 0.5) is 4.39 Å². The maximum atomic E-state index is 13.5. The second-order valence-corrected chi connectivity index (χ2v) is 3.56. The first-order chi connectivity index (χ1) is 8.09. The van der Waals surface area contributed by atoms with Crippen LogP contribution in [0, 0.1) is 19.7 Å². The molecule has 0 amide bonds. The zero-order chi connectivity index (χ0) is 13.6. The standard InChI is InChI=1S/C11H12FN.2C2H6/c1-7-4-9(12)11-8(2)6-13(3)10(11)5-7;2*1-2/h4-6H,1-3H3;2*1-2H3. The normalized spacial score (nSPS) is 9.18. The summed E-state index contributed by atoms with van der Waals surface area (Å²) in [4.78, 5) is 0. The fraction of sp³-hybridized carbons (Fsp3) is 0.467. The Labute approximate surface area is 104 Å². The molecule has 2 aromatic rings. The minimum atomic E-state index is -0.117. The molecule has 0 spiro atoms. The average molecular weight is 237 g/mol. The molecule has 17 heavy (non-hydrogen) atoms. The van der Waals surface area contributed by atoms with E-state index in [1.165, 1.54) is 0 Å². The molecule has 0 saturated heterocycles. The van der Waals surface area contributed by atoms with Gasteiger partial charge in [-0.2, -0.15) is 0 Å². The number of rotatable bonds is 0. The number of aryl methyl sites for hydroxylation is 3. The van der Waals surface area contributed by atoms with Crippen molar-refractivity contribution in [2.24, 2.45) is 7.05 Å². The summed E-state index contributed by atoms with van der Waals surface area (Å²) in [5, 5.41) is 0.744. The van der Waals surface area contributed by atoms with Crippen molar-refractivity contribution >= 4 is 10.9 Å². The van der Waals surface area contributed by atoms with Gasteiger partial charge in [0.1, 0.15) is 5.82 Å². The fourth-order valence-corrected chi connectivity index (χ4v) is 1.82. The Kier molecular flexibility index (Phi) is 6.55. The summed E-state index contributed by atoms with van der Waals surface area (Å²) >= 11 is 0. The number of fused-ring (bicyclic) bond motifs is 1. The summed E-state index contributed by atoms with van der Waals surface area (Å²) in [7, 11) is 1.94. The maximum absolute atomic E-state index is 13.5. The van der Waals surface area contributed by atoms with E-state index >= 15 is 0 Å². The number of nitrogens with zero attached hydrogens (tertiary/aromatic N) is 1. The van der Waals surface area contributed by atoms with Gasteiger partial charge >= 0.3 is 0 Å². The van der Waals surface area contributed by atoms with E-state index in [0.717, 1.165) is 22.0 Å². The van der Waals surface area contributed by atoms with E-state index in [4.69, 9.17) is 0 Å². The molecule has 0 bridgehead atoms. The van der Waals surface area contributed by atoms with E-state index in [-0.39, 0.29) is 5.82 Å². The van der Waals surface area contributed by atoms with Gasteiger partial charge in [-0.3, -0.25) is 0 Å². The first-order valence-corrected chi connectivity index (χ1v) is 6.31. The summed E-state index contributed by atoms with van der Waals surface area (Å²) in [6.45, 7) is 11.8. The van der Waals surface area contributed by atoms with Crippen LogP contribution in [0.1, 0.15) is 38.8 Å². The van der Waals surface area contributed by atoms with Crippen LogP contribution in [0.5, 0.6) is 0 Å². The third-order valence-corrected chi connectivity index (χ3v) is 2.38. The van der Waals surface area contributed by atoms with Gasteiger partial charge in [0.05, 0.1) is 5.52 Å². The van der Waals surface area contributed by atoms with E-state index < -0.39 is 0 Å². The molecule has 0 fully saturated rings. The molecule has 2 rings (SSSR count). The maximum Gasteiger partial charge on any atom is 0.133 e. The molecule has 0 saturated carbocycles. The number of hydrogen-bond donors (Lipinski definition) is 0. The second kappa shape index (κ2) is 7.10. The van der Waals surface area contributed by atoms with Gasteiger partial charge < -0.3 is 4.57 Å². The minimum Gasteiger partial charge on any atom is -0.350 e. The van der Waals surface area contributed by atoms with E-state index in [9.17, 15) is 4.39 Å². The van der Waals surface area contributed by atoms with E-state index in [0.29, 0.717) is 0 Å². The molecule has 0 aliphatic carbocycles. The highest BCUT2D eigenvalue weighted by molar-refractivity contribution is 5.84. The van der Waals surface area contributed by atoms with Crippen molar-refractivity contribution < 1.29 is 4.39 Å². The molecule has 0 aliphatic heterocycles. The molecule has 0 unspecified atom stereocenters. The summed E-state index contributed by atoms with van der Waals surface area (Å²) in [5.74, 6) is -0.117. The van der Waals surface area contributed by atoms with Gasteiger partial charge in [0.25, 0.3) is 0 Å². The largest absolute Gasteiger partial charge is 0.350 e. The third-order valence-electron chi connectivity index (χ3n) is 2.38. The number of aromatic nitrogens is 1. The molecule has 2 heteroatoms. The van der Waals surface area contributed by atoms with Crippen molar-refractivity contribution in [2.75, 3.05) is 0 Å². The summed E-state index contributed by atoms with van der Waals surface area (Å²) < 4.78 is 15.5. The topological polar surface area (TPSA) is 4.93 Å². The van der Waals surface area contributed by atoms with E-state index in [1.54, 1.807) is 6.07 Å². The van der Waals surface area contributed by atoms with Gasteiger partial charge in [0, 0.05) is 18.6 Å². The van der Waals surface area contributed by atoms with Crippen LogP contribution in [0.15, 0.2) is 18.3 Å². The Morgan fingerprint density at radius 3 is 2.06 bits per heavy atom. The molecule has 1 aromatic carbocycles. The highest BCUT2D eigenvalue weighted by atomic mass is 19.1. The molecule has 0 N–H and O–H groups in total. The van der Waals surface area contributed by atoms with E-state index in [2.05, 4.69) is 0 Å². The van der Waals surface area contributed by atoms with Gasteiger partial charge in [-0.05, 0) is 37.1 Å². The molecular formula is C15H24FN. The number of benzene rings is 1. The van der Waals surface area contributed by atoms with Crippen LogP contribution in [0.2, 0.25) is 0 Å². The first-order valence-electron chi connectivity index (χ1n) is 6.31. The van der Waals surface area contributed by atoms with Crippen molar-refractivity contribution in [3.05, 3.63) is 35.3 Å². The van der Waals surface area contributed by atoms with Crippen LogP contribution in [0.3, 0.4) is 0 Å². The number of hydrogen-bond acceptors (Lipinski definition) is 0. The van der Waals surface area contributed by atoms with Crippen molar-refractivity contribution in [1.82, 2.24) is 4.57 Å². The van der Waals surface area contributed by atoms with Gasteiger partial charge in [-0.1, -0.05) is 27.7 Å². The van der Waals surface area contributed by atoms with Crippen molar-refractivity contribution in [3.63, 3.8) is 0 Å². The second-order valence-electron chi connectivity index (χ2n) is 3.56. The Morgan fingerprint density at radius 2 is 1.53 bits per heavy atom. The lowest BCUT2D eigenvalue weighted by atomic mass is 10.1. The predicted octanol–water partition coefficient (Wildman–Crippen LogP) is 4.99. The molecule has 0 aliphatic rings. The Balaban J connectivity index is 0.000000581. The van der Waals surface area contributed by atoms with Gasteiger partial charge in [-0.25, -0.2) is 4.39 Å². The molecule has 1 heterocycles. The van der Waals surface area contributed by atoms with Gasteiger partial charge in [0.15, 0.2) is 0 Å². The molecule has 0 radical (unpaired) electrons. The summed E-state index contributed by atoms with van der Waals surface area (Å²) in [6, 6.07) is 3.58. The quantitative estimate of drug-likeness (QED) is 0.608. The third kappa shape index (κ3) is 3.32. The monoisotopic (exact) mass is 237 g/mol. The Bertz CT molecular complexity index is 469. The van der Waals surface area contributed by atoms with Crippen LogP contribution in [0.25, 0.3) is 10.9 Å². The minimum absolute atomic E-state index is 0.117. The van der Waals surface area contributed by atoms with Crippen molar-refractivity contribution in [1.29, 1.82) is 0 Å². The number of halogens is 1. The van der Waals surface area contributed by atoms with Crippen LogP contribution in [-0.2, 0) is 7.05 Å². The highest BCUT2D eigenvalue weighted by Gasteiger charge is 2.08. The highest BCUT2D eigenvalue weighted by Crippen LogP contribution is 2.24. The molecule has 0 atom stereocenters. The smallest absolute Gasteiger partial charge is 0.133 e. The Morgan fingerprint density at radius 1 is 1.00 bits per heavy atom. The van der Waals surface area contributed by atoms with Crippen LogP contribution < -0.4 is 0 Å². The van der Waals surface area contributed by atoms with Crippen LogP contribution >= 0.6 is 0 Å². The van der Waals surface area contributed by atoms with Crippen molar-refractivity contribution in [2.45, 2.75) is 41.5 Å². The van der Waals surface area contributed by atoms with E-state index in [1.807, 2.05) is 65.4 Å². The van der Waals surface area contributed by atoms with Crippen LogP contribution in [-0.4, -0.2) is 4.57 Å². The Hall–Kier alpha value is -1.31. The van der Waals surface area contributed by atoms with Crippen molar-refractivity contribution in [3.8, 4) is 0 Å². The molecule has 1 aromatic heterocycles. The molecule has 96 valence electrons. The summed E-state index contributed by atoms with van der Waals surface area (Å²) in [6.07, 6.45) is 1.95. The first kappa shape index (κ1) is 15.7. The molecular weight excluding hydrogens is 213 g/mol. The van der Waals surface area contributed by atoms with Gasteiger partial charge in [-0.15, -0.1) is 0 Å².